The second-order valence-corrected chi connectivity index (χ2v) is 3.92. The highest BCUT2D eigenvalue weighted by Crippen LogP contribution is 2.25. The second kappa shape index (κ2) is 4.48. The zero-order chi connectivity index (χ0) is 14.2. The number of nitrogens with one attached hydrogen (secondary N) is 1. The van der Waals surface area contributed by atoms with E-state index in [-0.39, 0.29) is 5.75 Å². The first-order valence-electron chi connectivity index (χ1n) is 5.53. The maximum atomic E-state index is 12.0. The Hall–Kier alpha value is -2.64. The van der Waals surface area contributed by atoms with Crippen LogP contribution >= 0.6 is 0 Å². The van der Waals surface area contributed by atoms with Gasteiger partial charge in [0.25, 0.3) is 0 Å². The fourth-order valence-electron chi connectivity index (χ4n) is 1.71. The molecule has 5 nitrogen and oxygen atoms in total. The van der Waals surface area contributed by atoms with Crippen molar-refractivity contribution in [1.29, 1.82) is 0 Å². The van der Waals surface area contributed by atoms with Crippen LogP contribution in [0.4, 0.5) is 13.2 Å². The zero-order valence-electron chi connectivity index (χ0n) is 9.85. The van der Waals surface area contributed by atoms with Crippen LogP contribution in [0.1, 0.15) is 0 Å². The summed E-state index contributed by atoms with van der Waals surface area (Å²) in [5.74, 6) is 0.219. The number of aromatic nitrogens is 4. The van der Waals surface area contributed by atoms with E-state index in [0.29, 0.717) is 22.6 Å². The van der Waals surface area contributed by atoms with Gasteiger partial charge in [-0.1, -0.05) is 0 Å². The number of aromatic amines is 1. The van der Waals surface area contributed by atoms with E-state index >= 15 is 0 Å². The Balaban J connectivity index is 1.90. The summed E-state index contributed by atoms with van der Waals surface area (Å²) in [6.45, 7) is 0. The molecule has 0 radical (unpaired) electrons. The van der Waals surface area contributed by atoms with Crippen molar-refractivity contribution in [2.45, 2.75) is 6.36 Å². The molecule has 0 aliphatic heterocycles. The average Bonchev–Trinajstić information content (AvgIpc) is 2.81. The van der Waals surface area contributed by atoms with Gasteiger partial charge in [-0.2, -0.15) is 0 Å². The molecule has 3 aromatic rings. The highest BCUT2D eigenvalue weighted by molar-refractivity contribution is 5.74. The van der Waals surface area contributed by atoms with Crippen LogP contribution in [0.25, 0.3) is 22.6 Å². The van der Waals surface area contributed by atoms with Crippen LogP contribution in [-0.2, 0) is 0 Å². The number of halogens is 3. The molecule has 0 amide bonds. The van der Waals surface area contributed by atoms with E-state index in [0.717, 1.165) is 0 Å². The minimum absolute atomic E-state index is 0.280. The van der Waals surface area contributed by atoms with Gasteiger partial charge in [0.2, 0.25) is 0 Å². The van der Waals surface area contributed by atoms with Crippen LogP contribution in [0, 0.1) is 0 Å². The van der Waals surface area contributed by atoms with Gasteiger partial charge >= 0.3 is 6.36 Å². The average molecular weight is 280 g/mol. The van der Waals surface area contributed by atoms with Crippen molar-refractivity contribution in [2.24, 2.45) is 0 Å². The number of benzene rings is 1. The molecule has 20 heavy (non-hydrogen) atoms. The summed E-state index contributed by atoms with van der Waals surface area (Å²) in [4.78, 5) is 15.0. The topological polar surface area (TPSA) is 63.7 Å². The van der Waals surface area contributed by atoms with Crippen molar-refractivity contribution in [2.75, 3.05) is 0 Å². The number of H-pyrrole nitrogens is 1. The number of alkyl halides is 3. The fourth-order valence-corrected chi connectivity index (χ4v) is 1.71. The predicted octanol–water partition coefficient (Wildman–Crippen LogP) is 2.92. The molecule has 0 aliphatic carbocycles. The van der Waals surface area contributed by atoms with E-state index in [1.165, 1.54) is 30.6 Å². The number of fused-ring (bicyclic) bond motifs is 1. The molecule has 1 N–H and O–H groups in total. The second-order valence-electron chi connectivity index (χ2n) is 3.92. The number of rotatable bonds is 2. The quantitative estimate of drug-likeness (QED) is 0.784. The number of nitrogens with zero attached hydrogens (tertiary/aromatic N) is 3. The molecule has 102 valence electrons. The Labute approximate surface area is 110 Å². The summed E-state index contributed by atoms with van der Waals surface area (Å²) in [6.07, 6.45) is -1.76. The maximum Gasteiger partial charge on any atom is 0.573 e. The molecular formula is C12H7F3N4O. The fraction of sp³-hybridized carbons (Fsp3) is 0.0833. The lowest BCUT2D eigenvalue weighted by Gasteiger charge is -2.08. The van der Waals surface area contributed by atoms with Gasteiger partial charge in [-0.25, -0.2) is 15.0 Å². The largest absolute Gasteiger partial charge is 0.573 e. The highest BCUT2D eigenvalue weighted by atomic mass is 19.4. The number of hydrogen-bond donors (Lipinski definition) is 1. The van der Waals surface area contributed by atoms with Gasteiger partial charge in [-0.05, 0) is 24.3 Å². The third-order valence-corrected chi connectivity index (χ3v) is 2.52. The molecule has 0 saturated heterocycles. The molecule has 0 spiro atoms. The third-order valence-electron chi connectivity index (χ3n) is 2.52. The van der Waals surface area contributed by atoms with Crippen molar-refractivity contribution in [3.05, 3.63) is 36.8 Å². The van der Waals surface area contributed by atoms with Gasteiger partial charge in [-0.3, -0.25) is 0 Å². The van der Waals surface area contributed by atoms with Gasteiger partial charge < -0.3 is 9.72 Å². The van der Waals surface area contributed by atoms with Gasteiger partial charge in [0.1, 0.15) is 23.4 Å². The Kier molecular flexibility index (Phi) is 2.78. The van der Waals surface area contributed by atoms with E-state index in [2.05, 4.69) is 24.7 Å². The monoisotopic (exact) mass is 280 g/mol. The smallest absolute Gasteiger partial charge is 0.406 e. The van der Waals surface area contributed by atoms with E-state index in [4.69, 9.17) is 0 Å². The Morgan fingerprint density at radius 2 is 1.85 bits per heavy atom. The standard InChI is InChI=1S/C12H7F3N4O/c13-12(14,15)20-8-3-1-7(2-4-8)10-18-9-5-16-6-17-11(9)19-10/h1-6H,(H,16,17,18,19). The first-order chi connectivity index (χ1) is 9.51. The zero-order valence-corrected chi connectivity index (χ0v) is 9.85. The van der Waals surface area contributed by atoms with Crippen molar-refractivity contribution < 1.29 is 17.9 Å². The van der Waals surface area contributed by atoms with Crippen molar-refractivity contribution in [3.8, 4) is 17.1 Å². The molecule has 2 heterocycles. The normalized spacial score (nSPS) is 11.8. The Bertz CT molecular complexity index is 703. The van der Waals surface area contributed by atoms with E-state index in [9.17, 15) is 13.2 Å². The van der Waals surface area contributed by atoms with Crippen molar-refractivity contribution in [3.63, 3.8) is 0 Å². The van der Waals surface area contributed by atoms with Crippen LogP contribution in [0.15, 0.2) is 36.8 Å². The number of hydrogen-bond acceptors (Lipinski definition) is 4. The molecule has 8 heteroatoms. The SMILES string of the molecule is FC(F)(F)Oc1ccc(-c2nc3ncncc3[nH]2)cc1. The molecule has 0 unspecified atom stereocenters. The summed E-state index contributed by atoms with van der Waals surface area (Å²) in [5, 5.41) is 0. The molecular weight excluding hydrogens is 273 g/mol. The summed E-state index contributed by atoms with van der Waals surface area (Å²) in [5.41, 5.74) is 1.77. The maximum absolute atomic E-state index is 12.0. The van der Waals surface area contributed by atoms with Crippen molar-refractivity contribution in [1.82, 2.24) is 19.9 Å². The van der Waals surface area contributed by atoms with Crippen LogP contribution in [0.2, 0.25) is 0 Å². The minimum Gasteiger partial charge on any atom is -0.406 e. The minimum atomic E-state index is -4.70. The summed E-state index contributed by atoms with van der Waals surface area (Å²) >= 11 is 0. The molecule has 0 bridgehead atoms. The lowest BCUT2D eigenvalue weighted by atomic mass is 10.2. The molecule has 1 aromatic carbocycles. The van der Waals surface area contributed by atoms with E-state index in [1.54, 1.807) is 6.20 Å². The van der Waals surface area contributed by atoms with Crippen LogP contribution < -0.4 is 4.74 Å². The molecule has 0 aliphatic rings. The highest BCUT2D eigenvalue weighted by Gasteiger charge is 2.30. The molecule has 0 atom stereocenters. The lowest BCUT2D eigenvalue weighted by Crippen LogP contribution is -2.16. The van der Waals surface area contributed by atoms with Crippen LogP contribution in [-0.4, -0.2) is 26.3 Å². The third kappa shape index (κ3) is 2.53. The Morgan fingerprint density at radius 1 is 1.10 bits per heavy atom. The Morgan fingerprint density at radius 3 is 2.50 bits per heavy atom. The van der Waals surface area contributed by atoms with Gasteiger partial charge in [0.15, 0.2) is 5.65 Å². The van der Waals surface area contributed by atoms with Gasteiger partial charge in [0, 0.05) is 5.56 Å². The molecule has 0 saturated carbocycles. The summed E-state index contributed by atoms with van der Waals surface area (Å²) in [6, 6.07) is 5.40. The van der Waals surface area contributed by atoms with Gasteiger partial charge in [0.05, 0.1) is 6.20 Å². The summed E-state index contributed by atoms with van der Waals surface area (Å²) < 4.78 is 39.9. The number of ether oxygens (including phenoxy) is 1. The van der Waals surface area contributed by atoms with Crippen LogP contribution in [0.5, 0.6) is 5.75 Å². The predicted molar refractivity (Wildman–Crippen MR) is 63.8 cm³/mol. The van der Waals surface area contributed by atoms with Crippen molar-refractivity contribution >= 4 is 11.2 Å². The first kappa shape index (κ1) is 12.4. The molecule has 3 rings (SSSR count). The van der Waals surface area contributed by atoms with E-state index in [1.807, 2.05) is 0 Å². The number of imidazole rings is 1. The van der Waals surface area contributed by atoms with Crippen LogP contribution in [0.3, 0.4) is 0 Å². The molecule has 2 aromatic heterocycles. The lowest BCUT2D eigenvalue weighted by molar-refractivity contribution is -0.274. The molecule has 0 fully saturated rings. The van der Waals surface area contributed by atoms with E-state index < -0.39 is 6.36 Å². The van der Waals surface area contributed by atoms with Gasteiger partial charge in [-0.15, -0.1) is 13.2 Å². The first-order valence-corrected chi connectivity index (χ1v) is 5.53. The summed E-state index contributed by atoms with van der Waals surface area (Å²) in [7, 11) is 0.